The minimum Gasteiger partial charge on any atom is -0.379 e. The third kappa shape index (κ3) is 5.18. The normalized spacial score (nSPS) is 21.3. The summed E-state index contributed by atoms with van der Waals surface area (Å²) in [5.41, 5.74) is 4.89. The van der Waals surface area contributed by atoms with Gasteiger partial charge in [0.1, 0.15) is 5.82 Å². The molecule has 190 valence electrons. The second-order valence-corrected chi connectivity index (χ2v) is 10.5. The van der Waals surface area contributed by atoms with Gasteiger partial charge < -0.3 is 14.5 Å². The Morgan fingerprint density at radius 1 is 0.943 bits per heavy atom. The molecule has 4 heterocycles. The van der Waals surface area contributed by atoms with Crippen molar-refractivity contribution in [2.75, 3.05) is 75.4 Å². The fraction of sp³-hybridized carbons (Fsp3) is 0.643. The van der Waals surface area contributed by atoms with Crippen LogP contribution in [0.2, 0.25) is 0 Å². The fourth-order valence-electron chi connectivity index (χ4n) is 5.84. The highest BCUT2D eigenvalue weighted by Crippen LogP contribution is 2.45. The second kappa shape index (κ2) is 10.8. The summed E-state index contributed by atoms with van der Waals surface area (Å²) in [7, 11) is 0. The number of nitrogens with zero attached hydrogens (tertiary/aromatic N) is 6. The Labute approximate surface area is 211 Å². The van der Waals surface area contributed by atoms with Crippen molar-refractivity contribution < 1.29 is 4.74 Å². The number of hydrogen-bond donors (Lipinski definition) is 0. The molecule has 1 unspecified atom stereocenters. The van der Waals surface area contributed by atoms with Crippen LogP contribution in [-0.2, 0) is 4.74 Å². The molecular weight excluding hydrogens is 436 g/mol. The van der Waals surface area contributed by atoms with Crippen LogP contribution in [0, 0.1) is 6.92 Å². The molecule has 1 aromatic carbocycles. The third-order valence-electron chi connectivity index (χ3n) is 8.00. The Bertz CT molecular complexity index is 980. The fourth-order valence-corrected chi connectivity index (χ4v) is 5.84. The SMILES string of the molecule is CCC1c2c(C)nc(-c3ccc(N4CCN(C(C)C)CC4)cc3)nc2N1CCCN1CCOCC1. The van der Waals surface area contributed by atoms with Gasteiger partial charge in [0.15, 0.2) is 5.82 Å². The summed E-state index contributed by atoms with van der Waals surface area (Å²) in [6.45, 7) is 19.5. The van der Waals surface area contributed by atoms with Crippen LogP contribution in [0.25, 0.3) is 11.4 Å². The van der Waals surface area contributed by atoms with Crippen molar-refractivity contribution >= 4 is 11.5 Å². The monoisotopic (exact) mass is 478 g/mol. The number of anilines is 2. The summed E-state index contributed by atoms with van der Waals surface area (Å²) < 4.78 is 5.49. The predicted octanol–water partition coefficient (Wildman–Crippen LogP) is 3.98. The number of hydrogen-bond acceptors (Lipinski definition) is 7. The topological polar surface area (TPSA) is 48.0 Å². The summed E-state index contributed by atoms with van der Waals surface area (Å²) in [5, 5.41) is 0. The molecule has 2 saturated heterocycles. The molecule has 5 rings (SSSR count). The first-order valence-corrected chi connectivity index (χ1v) is 13.6. The third-order valence-corrected chi connectivity index (χ3v) is 8.00. The number of benzene rings is 1. The maximum atomic E-state index is 5.49. The van der Waals surface area contributed by atoms with Crippen molar-refractivity contribution in [1.29, 1.82) is 0 Å². The van der Waals surface area contributed by atoms with Crippen molar-refractivity contribution in [2.45, 2.75) is 52.6 Å². The molecule has 0 N–H and O–H groups in total. The van der Waals surface area contributed by atoms with Crippen molar-refractivity contribution in [2.24, 2.45) is 0 Å². The van der Waals surface area contributed by atoms with E-state index in [9.17, 15) is 0 Å². The van der Waals surface area contributed by atoms with Crippen LogP contribution in [0.1, 0.15) is 50.9 Å². The van der Waals surface area contributed by atoms with Crippen molar-refractivity contribution in [3.8, 4) is 11.4 Å². The average Bonchev–Trinajstić information content (AvgIpc) is 2.88. The van der Waals surface area contributed by atoms with Gasteiger partial charge in [-0.25, -0.2) is 9.97 Å². The van der Waals surface area contributed by atoms with Gasteiger partial charge in [0.2, 0.25) is 0 Å². The lowest BCUT2D eigenvalue weighted by atomic mass is 9.92. The first kappa shape index (κ1) is 24.5. The van der Waals surface area contributed by atoms with E-state index in [1.165, 1.54) is 11.3 Å². The lowest BCUT2D eigenvalue weighted by Crippen LogP contribution is -2.48. The Morgan fingerprint density at radius 2 is 1.66 bits per heavy atom. The molecule has 0 radical (unpaired) electrons. The van der Waals surface area contributed by atoms with Crippen molar-refractivity contribution in [3.63, 3.8) is 0 Å². The summed E-state index contributed by atoms with van der Waals surface area (Å²) in [6, 6.07) is 9.96. The van der Waals surface area contributed by atoms with Crippen LogP contribution in [0.3, 0.4) is 0 Å². The Balaban J connectivity index is 1.26. The van der Waals surface area contributed by atoms with Crippen LogP contribution in [-0.4, -0.2) is 91.4 Å². The number of aromatic nitrogens is 2. The number of aryl methyl sites for hydroxylation is 1. The maximum Gasteiger partial charge on any atom is 0.161 e. The molecular formula is C28H42N6O. The molecule has 2 fully saturated rings. The zero-order valence-corrected chi connectivity index (χ0v) is 22.0. The molecule has 0 spiro atoms. The largest absolute Gasteiger partial charge is 0.379 e. The number of ether oxygens (including phenoxy) is 1. The number of morpholine rings is 1. The zero-order valence-electron chi connectivity index (χ0n) is 22.0. The Hall–Kier alpha value is -2.22. The van der Waals surface area contributed by atoms with Gasteiger partial charge in [-0.3, -0.25) is 9.80 Å². The van der Waals surface area contributed by atoms with Gasteiger partial charge in [0.25, 0.3) is 0 Å². The number of fused-ring (bicyclic) bond motifs is 1. The number of rotatable bonds is 8. The molecule has 1 atom stereocenters. The van der Waals surface area contributed by atoms with E-state index in [1.807, 2.05) is 0 Å². The van der Waals surface area contributed by atoms with Gasteiger partial charge in [0, 0.05) is 80.9 Å². The molecule has 2 aromatic rings. The summed E-state index contributed by atoms with van der Waals surface area (Å²) in [6.07, 6.45) is 2.26. The molecule has 7 nitrogen and oxygen atoms in total. The molecule has 0 amide bonds. The van der Waals surface area contributed by atoms with Crippen LogP contribution >= 0.6 is 0 Å². The average molecular weight is 479 g/mol. The quantitative estimate of drug-likeness (QED) is 0.569. The van der Waals surface area contributed by atoms with Crippen molar-refractivity contribution in [1.82, 2.24) is 19.8 Å². The zero-order chi connectivity index (χ0) is 24.4. The summed E-state index contributed by atoms with van der Waals surface area (Å²) in [4.78, 5) is 20.1. The Kier molecular flexibility index (Phi) is 7.56. The van der Waals surface area contributed by atoms with E-state index in [2.05, 4.69) is 71.6 Å². The van der Waals surface area contributed by atoms with Gasteiger partial charge in [-0.05, 0) is 57.9 Å². The summed E-state index contributed by atoms with van der Waals surface area (Å²) >= 11 is 0. The predicted molar refractivity (Wildman–Crippen MR) is 143 cm³/mol. The molecule has 3 aliphatic rings. The lowest BCUT2D eigenvalue weighted by molar-refractivity contribution is 0.0375. The van der Waals surface area contributed by atoms with Crippen LogP contribution in [0.5, 0.6) is 0 Å². The van der Waals surface area contributed by atoms with Crippen molar-refractivity contribution in [3.05, 3.63) is 35.5 Å². The van der Waals surface area contributed by atoms with E-state index in [0.29, 0.717) is 12.1 Å². The standard InChI is InChI=1S/C28H42N6O/c1-5-25-26-22(4)29-27(30-28(26)34(25)12-6-11-31-17-19-35-20-18-31)23-7-9-24(10-8-23)33-15-13-32(14-16-33)21(2)3/h7-10,21,25H,5-6,11-20H2,1-4H3. The van der Waals surface area contributed by atoms with Gasteiger partial charge >= 0.3 is 0 Å². The molecule has 0 saturated carbocycles. The van der Waals surface area contributed by atoms with Crippen LogP contribution in [0.4, 0.5) is 11.5 Å². The molecule has 35 heavy (non-hydrogen) atoms. The second-order valence-electron chi connectivity index (χ2n) is 10.5. The maximum absolute atomic E-state index is 5.49. The van der Waals surface area contributed by atoms with Crippen LogP contribution in [0.15, 0.2) is 24.3 Å². The van der Waals surface area contributed by atoms with Gasteiger partial charge in [-0.1, -0.05) is 6.92 Å². The van der Waals surface area contributed by atoms with Crippen LogP contribution < -0.4 is 9.80 Å². The highest BCUT2D eigenvalue weighted by molar-refractivity contribution is 5.68. The molecule has 0 aliphatic carbocycles. The first-order valence-electron chi connectivity index (χ1n) is 13.6. The molecule has 1 aromatic heterocycles. The van der Waals surface area contributed by atoms with E-state index >= 15 is 0 Å². The van der Waals surface area contributed by atoms with E-state index in [0.717, 1.165) is 101 Å². The smallest absolute Gasteiger partial charge is 0.161 e. The molecule has 7 heteroatoms. The van der Waals surface area contributed by atoms with E-state index in [1.54, 1.807) is 0 Å². The minimum absolute atomic E-state index is 0.454. The Morgan fingerprint density at radius 3 is 2.31 bits per heavy atom. The first-order chi connectivity index (χ1) is 17.0. The highest BCUT2D eigenvalue weighted by atomic mass is 16.5. The number of piperazine rings is 1. The van der Waals surface area contributed by atoms with E-state index in [4.69, 9.17) is 14.7 Å². The molecule has 3 aliphatic heterocycles. The van der Waals surface area contributed by atoms with Gasteiger partial charge in [0.05, 0.1) is 19.3 Å². The van der Waals surface area contributed by atoms with Gasteiger partial charge in [-0.2, -0.15) is 0 Å². The van der Waals surface area contributed by atoms with E-state index in [-0.39, 0.29) is 0 Å². The molecule has 0 bridgehead atoms. The summed E-state index contributed by atoms with van der Waals surface area (Å²) in [5.74, 6) is 2.00. The lowest BCUT2D eigenvalue weighted by Gasteiger charge is -2.44. The minimum atomic E-state index is 0.454. The van der Waals surface area contributed by atoms with E-state index < -0.39 is 0 Å². The van der Waals surface area contributed by atoms with Gasteiger partial charge in [-0.15, -0.1) is 0 Å². The highest BCUT2D eigenvalue weighted by Gasteiger charge is 2.37.